The van der Waals surface area contributed by atoms with Crippen LogP contribution in [0.4, 0.5) is 0 Å². The molecule has 1 aromatic heterocycles. The predicted molar refractivity (Wildman–Crippen MR) is 90.6 cm³/mol. The highest BCUT2D eigenvalue weighted by atomic mass is 16.5. The molecule has 0 aliphatic rings. The van der Waals surface area contributed by atoms with Crippen molar-refractivity contribution >= 4 is 5.91 Å². The Balaban J connectivity index is 2.11. The molecular formula is C18H25N3O2. The van der Waals surface area contributed by atoms with Gasteiger partial charge >= 0.3 is 0 Å². The van der Waals surface area contributed by atoms with E-state index in [4.69, 9.17) is 4.52 Å². The van der Waals surface area contributed by atoms with E-state index in [9.17, 15) is 4.79 Å². The first-order chi connectivity index (χ1) is 10.9. The first kappa shape index (κ1) is 17.2. The molecule has 0 spiro atoms. The summed E-state index contributed by atoms with van der Waals surface area (Å²) < 4.78 is 5.14. The molecule has 0 aliphatic carbocycles. The van der Waals surface area contributed by atoms with Gasteiger partial charge in [0.1, 0.15) is 11.3 Å². The van der Waals surface area contributed by atoms with Crippen molar-refractivity contribution in [3.63, 3.8) is 0 Å². The summed E-state index contributed by atoms with van der Waals surface area (Å²) >= 11 is 0. The summed E-state index contributed by atoms with van der Waals surface area (Å²) in [6.45, 7) is 6.33. The number of rotatable bonds is 6. The van der Waals surface area contributed by atoms with Crippen molar-refractivity contribution in [2.75, 3.05) is 20.6 Å². The fourth-order valence-corrected chi connectivity index (χ4v) is 2.62. The maximum Gasteiger partial charge on any atom is 0.256 e. The molecule has 1 heterocycles. The normalized spacial score (nSPS) is 12.4. The van der Waals surface area contributed by atoms with E-state index in [-0.39, 0.29) is 11.9 Å². The van der Waals surface area contributed by atoms with Crippen LogP contribution in [0.15, 0.2) is 28.8 Å². The highest BCUT2D eigenvalue weighted by Crippen LogP contribution is 2.19. The van der Waals surface area contributed by atoms with Crippen LogP contribution in [0.2, 0.25) is 0 Å². The van der Waals surface area contributed by atoms with Crippen LogP contribution in [0.1, 0.15) is 45.9 Å². The van der Waals surface area contributed by atoms with E-state index < -0.39 is 0 Å². The van der Waals surface area contributed by atoms with E-state index in [1.807, 2.05) is 21.0 Å². The summed E-state index contributed by atoms with van der Waals surface area (Å²) in [6.07, 6.45) is 0.676. The molecule has 5 nitrogen and oxygen atoms in total. The number of carbonyl (C=O) groups excluding carboxylic acids is 1. The second-order valence-electron chi connectivity index (χ2n) is 6.01. The van der Waals surface area contributed by atoms with Crippen LogP contribution in [-0.4, -0.2) is 36.6 Å². The zero-order chi connectivity index (χ0) is 17.0. The standard InChI is InChI=1S/C18H25N3O2/c1-6-15-17(13(3)23-20-15)18(22)19-11-16(21(4)5)14-9-7-12(2)8-10-14/h7-10,16H,6,11H2,1-5H3,(H,19,22)/t16-/m1/s1. The maximum atomic E-state index is 12.5. The maximum absolute atomic E-state index is 12.5. The predicted octanol–water partition coefficient (Wildman–Crippen LogP) is 2.89. The van der Waals surface area contributed by atoms with Gasteiger partial charge in [-0.05, 0) is 39.9 Å². The number of nitrogens with one attached hydrogen (secondary N) is 1. The van der Waals surface area contributed by atoms with Gasteiger partial charge in [0.15, 0.2) is 0 Å². The third kappa shape index (κ3) is 3.99. The van der Waals surface area contributed by atoms with E-state index in [1.165, 1.54) is 11.1 Å². The summed E-state index contributed by atoms with van der Waals surface area (Å²) in [5.74, 6) is 0.440. The fourth-order valence-electron chi connectivity index (χ4n) is 2.62. The molecule has 0 aliphatic heterocycles. The zero-order valence-electron chi connectivity index (χ0n) is 14.5. The van der Waals surface area contributed by atoms with Crippen molar-refractivity contribution in [1.82, 2.24) is 15.4 Å². The Labute approximate surface area is 137 Å². The van der Waals surface area contributed by atoms with Crippen LogP contribution in [0.25, 0.3) is 0 Å². The first-order valence-corrected chi connectivity index (χ1v) is 7.90. The summed E-state index contributed by atoms with van der Waals surface area (Å²) in [7, 11) is 4.03. The Morgan fingerprint density at radius 3 is 2.48 bits per heavy atom. The van der Waals surface area contributed by atoms with Crippen LogP contribution in [0.3, 0.4) is 0 Å². The first-order valence-electron chi connectivity index (χ1n) is 7.90. The summed E-state index contributed by atoms with van der Waals surface area (Å²) in [5, 5.41) is 6.95. The molecular weight excluding hydrogens is 290 g/mol. The van der Waals surface area contributed by atoms with E-state index in [1.54, 1.807) is 6.92 Å². The number of aryl methyl sites for hydroxylation is 3. The van der Waals surface area contributed by atoms with Gasteiger partial charge in [-0.25, -0.2) is 0 Å². The molecule has 124 valence electrons. The molecule has 0 saturated heterocycles. The minimum Gasteiger partial charge on any atom is -0.361 e. The van der Waals surface area contributed by atoms with Gasteiger partial charge in [-0.15, -0.1) is 0 Å². The van der Waals surface area contributed by atoms with E-state index in [0.717, 1.165) is 0 Å². The molecule has 1 aromatic carbocycles. The van der Waals surface area contributed by atoms with Crippen molar-refractivity contribution < 1.29 is 9.32 Å². The third-order valence-corrected chi connectivity index (χ3v) is 4.04. The second-order valence-corrected chi connectivity index (χ2v) is 6.01. The Hall–Kier alpha value is -2.14. The molecule has 2 aromatic rings. The van der Waals surface area contributed by atoms with Gasteiger partial charge in [0.2, 0.25) is 0 Å². The van der Waals surface area contributed by atoms with E-state index >= 15 is 0 Å². The van der Waals surface area contributed by atoms with E-state index in [2.05, 4.69) is 46.6 Å². The molecule has 1 N–H and O–H groups in total. The monoisotopic (exact) mass is 315 g/mol. The quantitative estimate of drug-likeness (QED) is 0.890. The van der Waals surface area contributed by atoms with Crippen molar-refractivity contribution in [3.05, 3.63) is 52.4 Å². The number of likely N-dealkylation sites (N-methyl/N-ethyl adjacent to an activating group) is 1. The fraction of sp³-hybridized carbons (Fsp3) is 0.444. The Morgan fingerprint density at radius 2 is 1.91 bits per heavy atom. The van der Waals surface area contributed by atoms with Gasteiger partial charge in [0.05, 0.1) is 11.7 Å². The smallest absolute Gasteiger partial charge is 0.256 e. The minimum atomic E-state index is -0.125. The van der Waals surface area contributed by atoms with E-state index in [0.29, 0.717) is 30.0 Å². The molecule has 0 bridgehead atoms. The number of carbonyl (C=O) groups is 1. The molecule has 0 unspecified atom stereocenters. The van der Waals surface area contributed by atoms with Crippen molar-refractivity contribution in [1.29, 1.82) is 0 Å². The Bertz CT molecular complexity index is 659. The van der Waals surface area contributed by atoms with Gasteiger partial charge in [0.25, 0.3) is 5.91 Å². The molecule has 1 amide bonds. The molecule has 5 heteroatoms. The second kappa shape index (κ2) is 7.42. The lowest BCUT2D eigenvalue weighted by Crippen LogP contribution is -2.35. The number of hydrogen-bond donors (Lipinski definition) is 1. The molecule has 0 radical (unpaired) electrons. The van der Waals surface area contributed by atoms with Crippen LogP contribution in [-0.2, 0) is 6.42 Å². The lowest BCUT2D eigenvalue weighted by molar-refractivity contribution is 0.0939. The van der Waals surface area contributed by atoms with Crippen molar-refractivity contribution in [3.8, 4) is 0 Å². The third-order valence-electron chi connectivity index (χ3n) is 4.04. The summed E-state index contributed by atoms with van der Waals surface area (Å²) in [4.78, 5) is 14.6. The van der Waals surface area contributed by atoms with Gasteiger partial charge in [-0.1, -0.05) is 41.9 Å². The topological polar surface area (TPSA) is 58.4 Å². The van der Waals surface area contributed by atoms with Crippen LogP contribution < -0.4 is 5.32 Å². The average Bonchev–Trinajstić information content (AvgIpc) is 2.89. The van der Waals surface area contributed by atoms with Crippen LogP contribution in [0, 0.1) is 13.8 Å². The van der Waals surface area contributed by atoms with Crippen LogP contribution >= 0.6 is 0 Å². The minimum absolute atomic E-state index is 0.116. The number of hydrogen-bond acceptors (Lipinski definition) is 4. The molecule has 0 saturated carbocycles. The Kier molecular flexibility index (Phi) is 5.55. The van der Waals surface area contributed by atoms with Gasteiger partial charge in [0, 0.05) is 6.54 Å². The number of nitrogens with zero attached hydrogens (tertiary/aromatic N) is 2. The SMILES string of the molecule is CCc1noc(C)c1C(=O)NC[C@H](c1ccc(C)cc1)N(C)C. The summed E-state index contributed by atoms with van der Waals surface area (Å²) in [5.41, 5.74) is 3.67. The lowest BCUT2D eigenvalue weighted by Gasteiger charge is -2.25. The van der Waals surface area contributed by atoms with Crippen molar-refractivity contribution in [2.24, 2.45) is 0 Å². The number of aromatic nitrogens is 1. The molecule has 0 fully saturated rings. The highest BCUT2D eigenvalue weighted by Gasteiger charge is 2.21. The molecule has 23 heavy (non-hydrogen) atoms. The van der Waals surface area contributed by atoms with Crippen molar-refractivity contribution in [2.45, 2.75) is 33.2 Å². The zero-order valence-corrected chi connectivity index (χ0v) is 14.5. The van der Waals surface area contributed by atoms with Gasteiger partial charge in [-0.2, -0.15) is 0 Å². The largest absolute Gasteiger partial charge is 0.361 e. The number of amides is 1. The van der Waals surface area contributed by atoms with Gasteiger partial charge < -0.3 is 14.7 Å². The lowest BCUT2D eigenvalue weighted by atomic mass is 10.0. The highest BCUT2D eigenvalue weighted by molar-refractivity contribution is 5.96. The molecule has 1 atom stereocenters. The van der Waals surface area contributed by atoms with Gasteiger partial charge in [-0.3, -0.25) is 4.79 Å². The van der Waals surface area contributed by atoms with Crippen LogP contribution in [0.5, 0.6) is 0 Å². The summed E-state index contributed by atoms with van der Waals surface area (Å²) in [6, 6.07) is 8.51. The number of benzene rings is 1. The molecule has 2 rings (SSSR count). The Morgan fingerprint density at radius 1 is 1.26 bits per heavy atom. The average molecular weight is 315 g/mol.